The number of methoxy groups -OCH3 is 1. The number of rotatable bonds is 4. The topological polar surface area (TPSA) is 92.9 Å². The smallest absolute Gasteiger partial charge is 0.301 e. The molecule has 1 aliphatic rings. The van der Waals surface area contributed by atoms with Crippen LogP contribution in [-0.2, 0) is 9.59 Å². The fourth-order valence-corrected chi connectivity index (χ4v) is 3.41. The molecule has 2 heterocycles. The van der Waals surface area contributed by atoms with Crippen molar-refractivity contribution in [1.82, 2.24) is 5.16 Å². The number of benzene rings is 2. The summed E-state index contributed by atoms with van der Waals surface area (Å²) in [6.07, 6.45) is 0. The highest BCUT2D eigenvalue weighted by molar-refractivity contribution is 6.51. The first-order valence-corrected chi connectivity index (χ1v) is 8.95. The highest BCUT2D eigenvalue weighted by atomic mass is 16.5. The second-order valence-corrected chi connectivity index (χ2v) is 6.61. The van der Waals surface area contributed by atoms with Crippen molar-refractivity contribution < 1.29 is 24.0 Å². The largest absolute Gasteiger partial charge is 0.507 e. The van der Waals surface area contributed by atoms with Crippen LogP contribution in [0.4, 0.5) is 5.82 Å². The van der Waals surface area contributed by atoms with Crippen LogP contribution in [0.3, 0.4) is 0 Å². The molecule has 7 nitrogen and oxygen atoms in total. The second kappa shape index (κ2) is 7.27. The van der Waals surface area contributed by atoms with E-state index in [4.69, 9.17) is 9.26 Å². The van der Waals surface area contributed by atoms with Crippen molar-refractivity contribution in [3.63, 3.8) is 0 Å². The van der Waals surface area contributed by atoms with Crippen LogP contribution in [-0.4, -0.2) is 29.1 Å². The molecule has 1 atom stereocenters. The third-order valence-electron chi connectivity index (χ3n) is 4.76. The summed E-state index contributed by atoms with van der Waals surface area (Å²) in [5.41, 5.74) is 1.02. The van der Waals surface area contributed by atoms with E-state index in [0.29, 0.717) is 22.6 Å². The van der Waals surface area contributed by atoms with Crippen LogP contribution in [0, 0.1) is 6.92 Å². The van der Waals surface area contributed by atoms with Gasteiger partial charge in [-0.15, -0.1) is 0 Å². The van der Waals surface area contributed by atoms with Crippen LogP contribution in [0.5, 0.6) is 5.75 Å². The molecule has 146 valence electrons. The fourth-order valence-electron chi connectivity index (χ4n) is 3.41. The number of carbonyl (C=O) groups is 2. The lowest BCUT2D eigenvalue weighted by molar-refractivity contribution is -0.132. The van der Waals surface area contributed by atoms with Crippen molar-refractivity contribution >= 4 is 23.3 Å². The van der Waals surface area contributed by atoms with Crippen molar-refractivity contribution in [3.8, 4) is 5.75 Å². The van der Waals surface area contributed by atoms with Gasteiger partial charge in [0.05, 0.1) is 18.7 Å². The summed E-state index contributed by atoms with van der Waals surface area (Å²) in [5.74, 6) is -0.578. The lowest BCUT2D eigenvalue weighted by Crippen LogP contribution is -2.29. The van der Waals surface area contributed by atoms with E-state index < -0.39 is 17.7 Å². The van der Waals surface area contributed by atoms with Gasteiger partial charge in [0, 0.05) is 11.6 Å². The van der Waals surface area contributed by atoms with Gasteiger partial charge in [-0.25, -0.2) is 0 Å². The highest BCUT2D eigenvalue weighted by Crippen LogP contribution is 2.42. The molecular weight excluding hydrogens is 372 g/mol. The number of ketones is 1. The van der Waals surface area contributed by atoms with Crippen molar-refractivity contribution in [2.45, 2.75) is 13.0 Å². The van der Waals surface area contributed by atoms with Crippen molar-refractivity contribution in [2.75, 3.05) is 12.0 Å². The summed E-state index contributed by atoms with van der Waals surface area (Å²) in [7, 11) is 1.53. The standard InChI is InChI=1S/C22H18N2O5/c1-13-11-17(23-29-13)24-19(15-9-6-10-16(12-15)28-2)18(21(26)22(24)27)20(25)14-7-4-3-5-8-14/h3-12,19,25H,1-2H3/t19-/m1/s1. The molecule has 4 rings (SSSR count). The molecule has 1 N–H and O–H groups in total. The van der Waals surface area contributed by atoms with E-state index >= 15 is 0 Å². The number of ether oxygens (including phenoxy) is 1. The Morgan fingerprint density at radius 1 is 1.10 bits per heavy atom. The lowest BCUT2D eigenvalue weighted by Gasteiger charge is -2.23. The maximum absolute atomic E-state index is 13.0. The molecule has 1 aromatic heterocycles. The Labute approximate surface area is 166 Å². The van der Waals surface area contributed by atoms with Crippen LogP contribution in [0.1, 0.15) is 22.9 Å². The Balaban J connectivity index is 1.95. The van der Waals surface area contributed by atoms with Crippen LogP contribution in [0.25, 0.3) is 5.76 Å². The number of hydrogen-bond acceptors (Lipinski definition) is 6. The summed E-state index contributed by atoms with van der Waals surface area (Å²) in [6, 6.07) is 16.3. The summed E-state index contributed by atoms with van der Waals surface area (Å²) in [5, 5.41) is 14.9. The predicted octanol–water partition coefficient (Wildman–Crippen LogP) is 3.62. The number of aliphatic hydroxyl groups is 1. The summed E-state index contributed by atoms with van der Waals surface area (Å²) < 4.78 is 10.4. The monoisotopic (exact) mass is 390 g/mol. The summed E-state index contributed by atoms with van der Waals surface area (Å²) >= 11 is 0. The van der Waals surface area contributed by atoms with E-state index in [0.717, 1.165) is 0 Å². The number of anilines is 1. The second-order valence-electron chi connectivity index (χ2n) is 6.61. The van der Waals surface area contributed by atoms with E-state index in [1.165, 1.54) is 12.0 Å². The number of aryl methyl sites for hydroxylation is 1. The van der Waals surface area contributed by atoms with Gasteiger partial charge in [-0.3, -0.25) is 14.5 Å². The molecule has 0 unspecified atom stereocenters. The zero-order chi connectivity index (χ0) is 20.5. The molecule has 0 bridgehead atoms. The third kappa shape index (κ3) is 3.16. The Kier molecular flexibility index (Phi) is 4.64. The first-order chi connectivity index (χ1) is 14.0. The number of nitrogens with zero attached hydrogens (tertiary/aromatic N) is 2. The van der Waals surface area contributed by atoms with E-state index in [1.807, 2.05) is 0 Å². The SMILES string of the molecule is COc1cccc([C@@H]2C(=C(O)c3ccccc3)C(=O)C(=O)N2c2cc(C)on2)c1. The number of aromatic nitrogens is 1. The molecule has 7 heteroatoms. The van der Waals surface area contributed by atoms with E-state index in [1.54, 1.807) is 67.6 Å². The third-order valence-corrected chi connectivity index (χ3v) is 4.76. The van der Waals surface area contributed by atoms with Crippen LogP contribution < -0.4 is 9.64 Å². The van der Waals surface area contributed by atoms with Gasteiger partial charge in [0.2, 0.25) is 0 Å². The zero-order valence-corrected chi connectivity index (χ0v) is 15.8. The van der Waals surface area contributed by atoms with Gasteiger partial charge < -0.3 is 14.4 Å². The first kappa shape index (κ1) is 18.5. The van der Waals surface area contributed by atoms with Crippen LogP contribution >= 0.6 is 0 Å². The highest BCUT2D eigenvalue weighted by Gasteiger charge is 2.48. The molecule has 1 saturated heterocycles. The molecular formula is C22H18N2O5. The molecule has 0 radical (unpaired) electrons. The van der Waals surface area contributed by atoms with Gasteiger partial charge in [-0.1, -0.05) is 47.6 Å². The Hall–Kier alpha value is -3.87. The molecule has 1 fully saturated rings. The van der Waals surface area contributed by atoms with Gasteiger partial charge in [0.1, 0.15) is 17.3 Å². The first-order valence-electron chi connectivity index (χ1n) is 8.95. The maximum Gasteiger partial charge on any atom is 0.301 e. The number of amides is 1. The van der Waals surface area contributed by atoms with E-state index in [9.17, 15) is 14.7 Å². The molecule has 1 aliphatic heterocycles. The normalized spacial score (nSPS) is 18.3. The van der Waals surface area contributed by atoms with E-state index in [2.05, 4.69) is 5.16 Å². The number of aliphatic hydroxyl groups excluding tert-OH is 1. The average molecular weight is 390 g/mol. The molecule has 0 spiro atoms. The van der Waals surface area contributed by atoms with Crippen LogP contribution in [0.15, 0.2) is 70.8 Å². The van der Waals surface area contributed by atoms with Crippen molar-refractivity contribution in [1.29, 1.82) is 0 Å². The van der Waals surface area contributed by atoms with Crippen LogP contribution in [0.2, 0.25) is 0 Å². The number of Topliss-reactive ketones (excluding diaryl/α,β-unsaturated/α-hetero) is 1. The minimum Gasteiger partial charge on any atom is -0.507 e. The van der Waals surface area contributed by atoms with Gasteiger partial charge in [-0.05, 0) is 24.6 Å². The van der Waals surface area contributed by atoms with Crippen molar-refractivity contribution in [3.05, 3.63) is 83.1 Å². The number of hydrogen-bond donors (Lipinski definition) is 1. The zero-order valence-electron chi connectivity index (χ0n) is 15.8. The Bertz CT molecular complexity index is 1120. The predicted molar refractivity (Wildman–Crippen MR) is 105 cm³/mol. The Morgan fingerprint density at radius 2 is 1.86 bits per heavy atom. The average Bonchev–Trinajstić information content (AvgIpc) is 3.29. The molecule has 0 saturated carbocycles. The minimum atomic E-state index is -0.880. The van der Waals surface area contributed by atoms with Crippen molar-refractivity contribution in [2.24, 2.45) is 0 Å². The van der Waals surface area contributed by atoms with Gasteiger partial charge in [0.15, 0.2) is 5.82 Å². The number of carbonyl (C=O) groups excluding carboxylic acids is 2. The maximum atomic E-state index is 13.0. The lowest BCUT2D eigenvalue weighted by atomic mass is 9.95. The van der Waals surface area contributed by atoms with Gasteiger partial charge in [-0.2, -0.15) is 0 Å². The fraction of sp³-hybridized carbons (Fsp3) is 0.136. The molecule has 2 aromatic carbocycles. The van der Waals surface area contributed by atoms with Gasteiger partial charge >= 0.3 is 5.91 Å². The quantitative estimate of drug-likeness (QED) is 0.416. The molecule has 3 aromatic rings. The molecule has 0 aliphatic carbocycles. The van der Waals surface area contributed by atoms with Gasteiger partial charge in [0.25, 0.3) is 5.78 Å². The minimum absolute atomic E-state index is 0.0184. The summed E-state index contributed by atoms with van der Waals surface area (Å²) in [6.45, 7) is 1.69. The summed E-state index contributed by atoms with van der Waals surface area (Å²) in [4.78, 5) is 27.1. The van der Waals surface area contributed by atoms with E-state index in [-0.39, 0.29) is 17.2 Å². The Morgan fingerprint density at radius 3 is 2.52 bits per heavy atom. The molecule has 1 amide bonds. The molecule has 29 heavy (non-hydrogen) atoms.